The summed E-state index contributed by atoms with van der Waals surface area (Å²) in [7, 11) is 0. The van der Waals surface area contributed by atoms with E-state index in [2.05, 4.69) is 4.98 Å². The van der Waals surface area contributed by atoms with Crippen molar-refractivity contribution in [3.63, 3.8) is 0 Å². The highest BCUT2D eigenvalue weighted by atomic mass is 16.3. The number of anilines is 1. The van der Waals surface area contributed by atoms with E-state index in [1.165, 1.54) is 4.90 Å². The fraction of sp³-hybridized carbons (Fsp3) is 0.455. The number of carbonyl (C=O) groups excluding carboxylic acids is 1. The minimum Gasteiger partial charge on any atom is -0.394 e. The van der Waals surface area contributed by atoms with E-state index in [9.17, 15) is 9.90 Å². The second-order valence-corrected chi connectivity index (χ2v) is 4.07. The maximum absolute atomic E-state index is 11.9. The summed E-state index contributed by atoms with van der Waals surface area (Å²) >= 11 is 0. The van der Waals surface area contributed by atoms with Crippen LogP contribution in [0.5, 0.6) is 0 Å². The first-order chi connectivity index (χ1) is 8.13. The van der Waals surface area contributed by atoms with Gasteiger partial charge in [-0.05, 0) is 12.1 Å². The lowest BCUT2D eigenvalue weighted by molar-refractivity contribution is -0.120. The van der Waals surface area contributed by atoms with Crippen molar-refractivity contribution in [3.05, 3.63) is 24.0 Å². The van der Waals surface area contributed by atoms with Crippen LogP contribution in [0, 0.1) is 0 Å². The molecule has 2 rings (SSSR count). The van der Waals surface area contributed by atoms with Gasteiger partial charge in [0.1, 0.15) is 0 Å². The van der Waals surface area contributed by atoms with Crippen LogP contribution in [0.4, 0.5) is 5.69 Å². The predicted octanol–water partition coefficient (Wildman–Crippen LogP) is -1.35. The number of carbonyl (C=O) groups is 1. The van der Waals surface area contributed by atoms with Gasteiger partial charge < -0.3 is 20.8 Å². The molecule has 1 aromatic heterocycles. The Morgan fingerprint density at radius 2 is 2.41 bits per heavy atom. The van der Waals surface area contributed by atoms with Crippen molar-refractivity contribution in [1.82, 2.24) is 4.98 Å². The Bertz CT molecular complexity index is 424. The van der Waals surface area contributed by atoms with E-state index in [0.29, 0.717) is 12.1 Å². The van der Waals surface area contributed by atoms with Gasteiger partial charge in [-0.15, -0.1) is 0 Å². The summed E-state index contributed by atoms with van der Waals surface area (Å²) in [5, 5.41) is 18.3. The van der Waals surface area contributed by atoms with Gasteiger partial charge in [-0.1, -0.05) is 0 Å². The molecule has 1 aliphatic heterocycles. The van der Waals surface area contributed by atoms with Crippen molar-refractivity contribution in [3.8, 4) is 0 Å². The third-order valence-corrected chi connectivity index (χ3v) is 2.76. The largest absolute Gasteiger partial charge is 0.394 e. The Balaban J connectivity index is 2.32. The molecule has 0 aliphatic carbocycles. The van der Waals surface area contributed by atoms with Crippen LogP contribution in [0.15, 0.2) is 18.3 Å². The number of nitrogens with zero attached hydrogens (tertiary/aromatic N) is 2. The van der Waals surface area contributed by atoms with Crippen molar-refractivity contribution in [2.24, 2.45) is 5.73 Å². The fourth-order valence-electron chi connectivity index (χ4n) is 1.90. The first kappa shape index (κ1) is 12.0. The summed E-state index contributed by atoms with van der Waals surface area (Å²) in [6, 6.07) is 2.85. The van der Waals surface area contributed by atoms with Gasteiger partial charge in [-0.25, -0.2) is 0 Å². The number of hydrogen-bond acceptors (Lipinski definition) is 5. The van der Waals surface area contributed by atoms with Crippen LogP contribution < -0.4 is 10.6 Å². The van der Waals surface area contributed by atoms with Crippen molar-refractivity contribution in [1.29, 1.82) is 0 Å². The zero-order chi connectivity index (χ0) is 12.4. The lowest BCUT2D eigenvalue weighted by atomic mass is 10.0. The summed E-state index contributed by atoms with van der Waals surface area (Å²) in [6.45, 7) is -0.365. The van der Waals surface area contributed by atoms with E-state index in [-0.39, 0.29) is 12.5 Å². The molecule has 17 heavy (non-hydrogen) atoms. The lowest BCUT2D eigenvalue weighted by Crippen LogP contribution is -2.51. The SMILES string of the molecule is NC1Cc2ncccc2N(C[C@@H](O)CO)C1=O. The van der Waals surface area contributed by atoms with Gasteiger partial charge in [0.05, 0.1) is 36.7 Å². The van der Waals surface area contributed by atoms with Gasteiger partial charge in [0, 0.05) is 12.6 Å². The third kappa shape index (κ3) is 2.28. The standard InChI is InChI=1S/C11H15N3O3/c12-8-4-9-10(2-1-3-13-9)14(11(8)17)5-7(16)6-15/h1-3,7-8,15-16H,4-6,12H2/t7-,8?/m1/s1. The maximum Gasteiger partial charge on any atom is 0.244 e. The molecule has 0 fully saturated rings. The van der Waals surface area contributed by atoms with E-state index in [1.807, 2.05) is 0 Å². The highest BCUT2D eigenvalue weighted by Crippen LogP contribution is 2.25. The smallest absolute Gasteiger partial charge is 0.244 e. The number of β-amino-alcohol motifs (C(OH)–C–C–N with tert-alkyl or cyclic N) is 1. The average Bonchev–Trinajstić information content (AvgIpc) is 2.34. The second-order valence-electron chi connectivity index (χ2n) is 4.07. The Morgan fingerprint density at radius 3 is 3.12 bits per heavy atom. The number of aromatic nitrogens is 1. The van der Waals surface area contributed by atoms with Gasteiger partial charge in [0.2, 0.25) is 5.91 Å². The molecule has 0 aromatic carbocycles. The normalized spacial score (nSPS) is 21.2. The molecule has 6 nitrogen and oxygen atoms in total. The van der Waals surface area contributed by atoms with Crippen LogP contribution in [-0.2, 0) is 11.2 Å². The first-order valence-electron chi connectivity index (χ1n) is 5.43. The summed E-state index contributed by atoms with van der Waals surface area (Å²) in [5.74, 6) is -0.252. The van der Waals surface area contributed by atoms with Gasteiger partial charge in [0.15, 0.2) is 0 Å². The van der Waals surface area contributed by atoms with Crippen molar-refractivity contribution < 1.29 is 15.0 Å². The number of rotatable bonds is 3. The van der Waals surface area contributed by atoms with E-state index >= 15 is 0 Å². The number of nitrogens with two attached hydrogens (primary N) is 1. The highest BCUT2D eigenvalue weighted by Gasteiger charge is 2.31. The lowest BCUT2D eigenvalue weighted by Gasteiger charge is -2.32. The first-order valence-corrected chi connectivity index (χ1v) is 5.43. The molecule has 0 saturated carbocycles. The van der Waals surface area contributed by atoms with Crippen molar-refractivity contribution in [2.45, 2.75) is 18.6 Å². The number of fused-ring (bicyclic) bond motifs is 1. The zero-order valence-corrected chi connectivity index (χ0v) is 9.28. The quantitative estimate of drug-likeness (QED) is 0.603. The zero-order valence-electron chi connectivity index (χ0n) is 9.28. The molecule has 2 atom stereocenters. The number of aliphatic hydroxyl groups is 2. The minimum absolute atomic E-state index is 0.0295. The molecule has 0 bridgehead atoms. The molecule has 0 spiro atoms. The number of aliphatic hydroxyl groups excluding tert-OH is 2. The average molecular weight is 237 g/mol. The maximum atomic E-state index is 11.9. The molecule has 1 aromatic rings. The summed E-state index contributed by atoms with van der Waals surface area (Å²) in [5.41, 5.74) is 7.12. The Kier molecular flexibility index (Phi) is 3.37. The van der Waals surface area contributed by atoms with Crippen molar-refractivity contribution in [2.75, 3.05) is 18.1 Å². The molecule has 1 aliphatic rings. The third-order valence-electron chi connectivity index (χ3n) is 2.76. The van der Waals surface area contributed by atoms with Gasteiger partial charge in [0.25, 0.3) is 0 Å². The summed E-state index contributed by atoms with van der Waals surface area (Å²) in [4.78, 5) is 17.5. The Labute approximate surface area is 98.7 Å². The molecular formula is C11H15N3O3. The van der Waals surface area contributed by atoms with Gasteiger partial charge >= 0.3 is 0 Å². The topological polar surface area (TPSA) is 99.7 Å². The predicted molar refractivity (Wildman–Crippen MR) is 61.4 cm³/mol. The Hall–Kier alpha value is -1.50. The molecule has 2 heterocycles. The molecule has 0 saturated heterocycles. The Morgan fingerprint density at radius 1 is 1.65 bits per heavy atom. The molecular weight excluding hydrogens is 222 g/mol. The fourth-order valence-corrected chi connectivity index (χ4v) is 1.90. The number of pyridine rings is 1. The van der Waals surface area contributed by atoms with Crippen LogP contribution >= 0.6 is 0 Å². The van der Waals surface area contributed by atoms with Crippen LogP contribution in [-0.4, -0.2) is 46.4 Å². The summed E-state index contributed by atoms with van der Waals surface area (Å²) in [6.07, 6.45) is 1.07. The summed E-state index contributed by atoms with van der Waals surface area (Å²) < 4.78 is 0. The van der Waals surface area contributed by atoms with Gasteiger partial charge in [-0.3, -0.25) is 9.78 Å². The molecule has 4 N–H and O–H groups in total. The van der Waals surface area contributed by atoms with E-state index in [1.54, 1.807) is 18.3 Å². The van der Waals surface area contributed by atoms with Crippen LogP contribution in [0.2, 0.25) is 0 Å². The monoisotopic (exact) mass is 237 g/mol. The highest BCUT2D eigenvalue weighted by molar-refractivity contribution is 5.99. The van der Waals surface area contributed by atoms with Crippen molar-refractivity contribution >= 4 is 11.6 Å². The molecule has 6 heteroatoms. The van der Waals surface area contributed by atoms with Crippen LogP contribution in [0.25, 0.3) is 0 Å². The molecule has 1 amide bonds. The van der Waals surface area contributed by atoms with E-state index in [4.69, 9.17) is 10.8 Å². The van der Waals surface area contributed by atoms with Crippen LogP contribution in [0.3, 0.4) is 0 Å². The molecule has 92 valence electrons. The molecule has 0 radical (unpaired) electrons. The second kappa shape index (κ2) is 4.79. The van der Waals surface area contributed by atoms with E-state index in [0.717, 1.165) is 5.69 Å². The number of amides is 1. The minimum atomic E-state index is -0.975. The van der Waals surface area contributed by atoms with E-state index < -0.39 is 18.8 Å². The number of hydrogen-bond donors (Lipinski definition) is 3. The van der Waals surface area contributed by atoms with Crippen LogP contribution in [0.1, 0.15) is 5.69 Å². The molecule has 1 unspecified atom stereocenters. The van der Waals surface area contributed by atoms with Gasteiger partial charge in [-0.2, -0.15) is 0 Å².